The number of nitriles is 1. The third-order valence-electron chi connectivity index (χ3n) is 3.64. The van der Waals surface area contributed by atoms with E-state index in [9.17, 15) is 9.59 Å². The smallest absolute Gasteiger partial charge is 0.293 e. The molecule has 1 aliphatic heterocycles. The SMILES string of the molecule is CCCCCN1C(=O)S/C(=C\c2ccc(OCC#N)c(OC)c2)C1=O. The van der Waals surface area contributed by atoms with Crippen LogP contribution in [0.3, 0.4) is 0 Å². The van der Waals surface area contributed by atoms with Gasteiger partial charge >= 0.3 is 0 Å². The molecular formula is C18H20N2O4S. The second kappa shape index (κ2) is 9.14. The van der Waals surface area contributed by atoms with Gasteiger partial charge in [0.2, 0.25) is 0 Å². The molecule has 6 nitrogen and oxygen atoms in total. The molecule has 1 fully saturated rings. The summed E-state index contributed by atoms with van der Waals surface area (Å²) in [4.78, 5) is 26.1. The molecule has 2 rings (SSSR count). The highest BCUT2D eigenvalue weighted by Crippen LogP contribution is 2.34. The van der Waals surface area contributed by atoms with E-state index in [0.29, 0.717) is 22.9 Å². The third-order valence-corrected chi connectivity index (χ3v) is 4.54. The van der Waals surface area contributed by atoms with Gasteiger partial charge < -0.3 is 9.47 Å². The minimum absolute atomic E-state index is 0.0770. The fraction of sp³-hybridized carbons (Fsp3) is 0.389. The Labute approximate surface area is 151 Å². The quantitative estimate of drug-likeness (QED) is 0.518. The van der Waals surface area contributed by atoms with Crippen molar-refractivity contribution in [2.75, 3.05) is 20.3 Å². The summed E-state index contributed by atoms with van der Waals surface area (Å²) in [6.07, 6.45) is 4.51. The minimum atomic E-state index is -0.255. The molecular weight excluding hydrogens is 340 g/mol. The number of unbranched alkanes of at least 4 members (excludes halogenated alkanes) is 2. The molecule has 25 heavy (non-hydrogen) atoms. The maximum absolute atomic E-state index is 12.4. The van der Waals surface area contributed by atoms with Crippen LogP contribution < -0.4 is 9.47 Å². The Bertz CT molecular complexity index is 724. The molecule has 7 heteroatoms. The first-order chi connectivity index (χ1) is 12.1. The third kappa shape index (κ3) is 4.77. The van der Waals surface area contributed by atoms with Crippen molar-refractivity contribution < 1.29 is 19.1 Å². The number of imide groups is 1. The highest BCUT2D eigenvalue weighted by atomic mass is 32.2. The molecule has 1 aromatic rings. The number of amides is 2. The molecule has 1 aromatic carbocycles. The van der Waals surface area contributed by atoms with Gasteiger partial charge in [-0.05, 0) is 42.0 Å². The van der Waals surface area contributed by atoms with Crippen molar-refractivity contribution in [2.24, 2.45) is 0 Å². The molecule has 1 aliphatic rings. The lowest BCUT2D eigenvalue weighted by Gasteiger charge is -2.11. The first-order valence-electron chi connectivity index (χ1n) is 8.03. The van der Waals surface area contributed by atoms with Crippen molar-refractivity contribution in [3.05, 3.63) is 28.7 Å². The van der Waals surface area contributed by atoms with Gasteiger partial charge in [-0.3, -0.25) is 14.5 Å². The van der Waals surface area contributed by atoms with Crippen molar-refractivity contribution in [2.45, 2.75) is 26.2 Å². The number of carbonyl (C=O) groups excluding carboxylic acids is 2. The first-order valence-corrected chi connectivity index (χ1v) is 8.85. The van der Waals surface area contributed by atoms with Crippen LogP contribution in [0.25, 0.3) is 6.08 Å². The summed E-state index contributed by atoms with van der Waals surface area (Å²) < 4.78 is 10.5. The lowest BCUT2D eigenvalue weighted by Crippen LogP contribution is -2.29. The van der Waals surface area contributed by atoms with Gasteiger partial charge in [0.15, 0.2) is 18.1 Å². The first kappa shape index (κ1) is 18.9. The zero-order chi connectivity index (χ0) is 18.2. The van der Waals surface area contributed by atoms with E-state index in [1.807, 2.05) is 6.07 Å². The monoisotopic (exact) mass is 360 g/mol. The molecule has 2 amide bonds. The number of hydrogen-bond donors (Lipinski definition) is 0. The summed E-state index contributed by atoms with van der Waals surface area (Å²) in [6, 6.07) is 7.03. The number of thioether (sulfide) groups is 1. The predicted octanol–water partition coefficient (Wildman–Crippen LogP) is 3.82. The van der Waals surface area contributed by atoms with Crippen molar-refractivity contribution >= 4 is 29.0 Å². The Kier molecular flexibility index (Phi) is 6.90. The van der Waals surface area contributed by atoms with Crippen LogP contribution in [0.4, 0.5) is 4.79 Å². The summed E-state index contributed by atoms with van der Waals surface area (Å²) in [6.45, 7) is 2.46. The molecule has 0 unspecified atom stereocenters. The van der Waals surface area contributed by atoms with Gasteiger partial charge in [-0.15, -0.1) is 0 Å². The van der Waals surface area contributed by atoms with Crippen LogP contribution in [0.2, 0.25) is 0 Å². The van der Waals surface area contributed by atoms with E-state index in [-0.39, 0.29) is 17.8 Å². The molecule has 0 atom stereocenters. The van der Waals surface area contributed by atoms with E-state index in [2.05, 4.69) is 6.92 Å². The molecule has 0 radical (unpaired) electrons. The van der Waals surface area contributed by atoms with E-state index in [1.54, 1.807) is 24.3 Å². The lowest BCUT2D eigenvalue weighted by molar-refractivity contribution is -0.122. The number of methoxy groups -OCH3 is 1. The fourth-order valence-corrected chi connectivity index (χ4v) is 3.23. The van der Waals surface area contributed by atoms with Crippen molar-refractivity contribution in [3.8, 4) is 17.6 Å². The van der Waals surface area contributed by atoms with Crippen LogP contribution in [0, 0.1) is 11.3 Å². The maximum Gasteiger partial charge on any atom is 0.293 e. The zero-order valence-electron chi connectivity index (χ0n) is 14.3. The van der Waals surface area contributed by atoms with E-state index in [4.69, 9.17) is 14.7 Å². The lowest BCUT2D eigenvalue weighted by atomic mass is 10.2. The second-order valence-corrected chi connectivity index (χ2v) is 6.39. The topological polar surface area (TPSA) is 79.6 Å². The molecule has 1 saturated heterocycles. The van der Waals surface area contributed by atoms with Gasteiger partial charge in [-0.25, -0.2) is 0 Å². The largest absolute Gasteiger partial charge is 0.493 e. The standard InChI is InChI=1S/C18H20N2O4S/c1-3-4-5-9-20-17(21)16(25-18(20)22)12-13-6-7-14(24-10-8-19)15(11-13)23-2/h6-7,11-12H,3-5,9-10H2,1-2H3/b16-12-. The highest BCUT2D eigenvalue weighted by Gasteiger charge is 2.34. The minimum Gasteiger partial charge on any atom is -0.493 e. The Hall–Kier alpha value is -2.46. The number of ether oxygens (including phenoxy) is 2. The maximum atomic E-state index is 12.4. The van der Waals surface area contributed by atoms with Crippen molar-refractivity contribution in [1.29, 1.82) is 5.26 Å². The molecule has 1 heterocycles. The second-order valence-electron chi connectivity index (χ2n) is 5.40. The summed E-state index contributed by atoms with van der Waals surface area (Å²) in [5.41, 5.74) is 0.722. The van der Waals surface area contributed by atoms with Gasteiger partial charge in [-0.2, -0.15) is 5.26 Å². The normalized spacial score (nSPS) is 15.6. The summed E-state index contributed by atoms with van der Waals surface area (Å²) in [7, 11) is 1.50. The summed E-state index contributed by atoms with van der Waals surface area (Å²) in [5, 5.41) is 8.36. The Morgan fingerprint density at radius 2 is 2.08 bits per heavy atom. The Balaban J connectivity index is 2.16. The van der Waals surface area contributed by atoms with Crippen molar-refractivity contribution in [3.63, 3.8) is 0 Å². The fourth-order valence-electron chi connectivity index (χ4n) is 2.37. The van der Waals surface area contributed by atoms with Crippen LogP contribution >= 0.6 is 11.8 Å². The van der Waals surface area contributed by atoms with Gasteiger partial charge in [-0.1, -0.05) is 25.8 Å². The van der Waals surface area contributed by atoms with Crippen LogP contribution in [0.5, 0.6) is 11.5 Å². The molecule has 0 N–H and O–H groups in total. The average Bonchev–Trinajstić information content (AvgIpc) is 2.88. The summed E-state index contributed by atoms with van der Waals surface area (Å²) >= 11 is 0.950. The highest BCUT2D eigenvalue weighted by molar-refractivity contribution is 8.18. The van der Waals surface area contributed by atoms with E-state index in [0.717, 1.165) is 36.6 Å². The van der Waals surface area contributed by atoms with Crippen LogP contribution in [-0.2, 0) is 4.79 Å². The number of rotatable bonds is 8. The average molecular weight is 360 g/mol. The van der Waals surface area contributed by atoms with Crippen molar-refractivity contribution in [1.82, 2.24) is 4.90 Å². The summed E-state index contributed by atoms with van der Waals surface area (Å²) in [5.74, 6) is 0.662. The van der Waals surface area contributed by atoms with Gasteiger partial charge in [0, 0.05) is 6.54 Å². The Morgan fingerprint density at radius 3 is 2.76 bits per heavy atom. The molecule has 0 bridgehead atoms. The molecule has 0 spiro atoms. The van der Waals surface area contributed by atoms with Crippen LogP contribution in [0.15, 0.2) is 23.1 Å². The number of hydrogen-bond acceptors (Lipinski definition) is 6. The predicted molar refractivity (Wildman–Crippen MR) is 96.3 cm³/mol. The van der Waals surface area contributed by atoms with Gasteiger partial charge in [0.1, 0.15) is 6.07 Å². The number of nitrogens with zero attached hydrogens (tertiary/aromatic N) is 2. The molecule has 0 aliphatic carbocycles. The van der Waals surface area contributed by atoms with Crippen LogP contribution in [-0.4, -0.2) is 36.3 Å². The van der Waals surface area contributed by atoms with E-state index < -0.39 is 0 Å². The van der Waals surface area contributed by atoms with Gasteiger partial charge in [0.25, 0.3) is 11.1 Å². The van der Waals surface area contributed by atoms with Gasteiger partial charge in [0.05, 0.1) is 12.0 Å². The number of carbonyl (C=O) groups is 2. The zero-order valence-corrected chi connectivity index (χ0v) is 15.1. The Morgan fingerprint density at radius 1 is 1.28 bits per heavy atom. The molecule has 0 saturated carbocycles. The molecule has 0 aromatic heterocycles. The van der Waals surface area contributed by atoms with E-state index >= 15 is 0 Å². The molecule has 132 valence electrons. The van der Waals surface area contributed by atoms with Crippen LogP contribution in [0.1, 0.15) is 31.7 Å². The van der Waals surface area contributed by atoms with E-state index in [1.165, 1.54) is 12.0 Å². The number of benzene rings is 1.